The number of nitrogens with zero attached hydrogens (tertiary/aromatic N) is 8. The molecule has 0 saturated heterocycles. The average Bonchev–Trinajstić information content (AvgIpc) is 3.23. The summed E-state index contributed by atoms with van der Waals surface area (Å²) >= 11 is 0. The van der Waals surface area contributed by atoms with Crippen LogP contribution in [0.3, 0.4) is 0 Å². The first-order valence-corrected chi connectivity index (χ1v) is 22.1. The normalized spacial score (nSPS) is 10.4. The molecule has 0 fully saturated rings. The summed E-state index contributed by atoms with van der Waals surface area (Å²) in [7, 11) is 0. The third-order valence-corrected chi connectivity index (χ3v) is 8.67. The molecule has 0 unspecified atom stereocenters. The number of hydrogen-bond donors (Lipinski definition) is 16. The quantitative estimate of drug-likeness (QED) is 0.0252. The van der Waals surface area contributed by atoms with Gasteiger partial charge in [0.25, 0.3) is 0 Å². The summed E-state index contributed by atoms with van der Waals surface area (Å²) in [6.07, 6.45) is 0. The van der Waals surface area contributed by atoms with Gasteiger partial charge in [-0.1, -0.05) is 0 Å². The fourth-order valence-electron chi connectivity index (χ4n) is 5.90. The van der Waals surface area contributed by atoms with E-state index in [2.05, 4.69) is 0 Å². The Morgan fingerprint density at radius 1 is 0.146 bits per heavy atom. The van der Waals surface area contributed by atoms with E-state index in [0.717, 1.165) is 39.2 Å². The maximum atomic E-state index is 10.6. The second-order valence-electron chi connectivity index (χ2n) is 16.0. The Kier molecular flexibility index (Phi) is 52.7. The van der Waals surface area contributed by atoms with Gasteiger partial charge in [0.1, 0.15) is 0 Å². The molecule has 0 bridgehead atoms. The Hall–Kier alpha value is -6.80. The van der Waals surface area contributed by atoms with E-state index in [4.69, 9.17) is 81.7 Å². The summed E-state index contributed by atoms with van der Waals surface area (Å²) in [6.45, 7) is -9.00. The van der Waals surface area contributed by atoms with Gasteiger partial charge in [-0.15, -0.1) is 0 Å². The predicted molar refractivity (Wildman–Crippen MR) is 268 cm³/mol. The van der Waals surface area contributed by atoms with Crippen molar-refractivity contribution in [3.63, 3.8) is 0 Å². The summed E-state index contributed by atoms with van der Waals surface area (Å²) in [4.78, 5) is 177. The molecule has 0 radical (unpaired) electrons. The van der Waals surface area contributed by atoms with Crippen LogP contribution in [0.25, 0.3) is 0 Å². The Bertz CT molecular complexity index is 1560. The molecule has 0 aliphatic heterocycles. The monoisotopic (exact) mass is 1220 g/mol. The first kappa shape index (κ1) is 86.5. The van der Waals surface area contributed by atoms with Gasteiger partial charge in [-0.05, 0) is 0 Å². The first-order valence-electron chi connectivity index (χ1n) is 22.1. The molecule has 460 valence electrons. The SMILES string of the molecule is O=C(O)CN(CCN(CC(=O)O)CC(=O)O)CC(=O)O.O=C(O)CN(CCN(CC(=O)O)CC(=O)O)CC(=O)O.O=C(O)CN(CCN(CC(=O)O)CC(=O)O)CC(=O)O.O=C(O)CN(CCN(CC(=O)O)CC(=O)O)CC(=O)O.[NaH].[NaH]. The molecule has 0 aromatic rings. The van der Waals surface area contributed by atoms with E-state index in [0.29, 0.717) is 0 Å². The molecule has 0 rings (SSSR count). The zero-order chi connectivity index (χ0) is 62.8. The second-order valence-corrected chi connectivity index (χ2v) is 16.0. The van der Waals surface area contributed by atoms with Crippen molar-refractivity contribution < 1.29 is 158 Å². The van der Waals surface area contributed by atoms with Gasteiger partial charge in [-0.3, -0.25) is 116 Å². The third kappa shape index (κ3) is 64.0. The average molecular weight is 1220 g/mol. The zero-order valence-electron chi connectivity index (χ0n) is 42.2. The van der Waals surface area contributed by atoms with E-state index >= 15 is 0 Å². The van der Waals surface area contributed by atoms with Gasteiger partial charge in [-0.25, -0.2) is 0 Å². The van der Waals surface area contributed by atoms with Gasteiger partial charge in [0.15, 0.2) is 0 Å². The van der Waals surface area contributed by atoms with Crippen LogP contribution in [0.1, 0.15) is 0 Å². The van der Waals surface area contributed by atoms with Gasteiger partial charge < -0.3 is 81.7 Å². The van der Waals surface area contributed by atoms with Crippen LogP contribution in [0.4, 0.5) is 0 Å². The Morgan fingerprint density at radius 2 is 0.195 bits per heavy atom. The summed E-state index contributed by atoms with van der Waals surface area (Å²) in [5.41, 5.74) is 0. The fourth-order valence-corrected chi connectivity index (χ4v) is 5.90. The minimum absolute atomic E-state index is 0. The molecule has 0 spiro atoms. The molecule has 40 nitrogen and oxygen atoms in total. The van der Waals surface area contributed by atoms with E-state index < -0.39 is 200 Å². The molecular weight excluding hydrogens is 1150 g/mol. The van der Waals surface area contributed by atoms with Crippen LogP contribution in [0.15, 0.2) is 0 Å². The number of aliphatic carboxylic acids is 16. The fraction of sp³-hybridized carbons (Fsp3) is 0.600. The van der Waals surface area contributed by atoms with Gasteiger partial charge in [0.05, 0.1) is 105 Å². The molecule has 0 heterocycles. The van der Waals surface area contributed by atoms with Crippen molar-refractivity contribution in [2.24, 2.45) is 0 Å². The van der Waals surface area contributed by atoms with E-state index in [1.54, 1.807) is 0 Å². The van der Waals surface area contributed by atoms with E-state index in [-0.39, 0.29) is 111 Å². The molecule has 0 aromatic carbocycles. The maximum absolute atomic E-state index is 10.6. The number of rotatable bonds is 44. The second kappa shape index (κ2) is 50.0. The van der Waals surface area contributed by atoms with E-state index in [9.17, 15) is 76.7 Å². The molecule has 0 atom stereocenters. The minimum atomic E-state index is -1.23. The summed E-state index contributed by atoms with van der Waals surface area (Å²) in [6, 6.07) is 0. The van der Waals surface area contributed by atoms with Crippen LogP contribution in [0.2, 0.25) is 0 Å². The number of carboxylic acids is 16. The third-order valence-electron chi connectivity index (χ3n) is 8.67. The predicted octanol–water partition coefficient (Wildman–Crippen LogP) is -9.58. The van der Waals surface area contributed by atoms with Crippen molar-refractivity contribution in [3.8, 4) is 0 Å². The molecule has 0 aliphatic rings. The first-order chi connectivity index (χ1) is 36.8. The topological polar surface area (TPSA) is 623 Å². The van der Waals surface area contributed by atoms with Crippen molar-refractivity contribution in [2.75, 3.05) is 157 Å². The van der Waals surface area contributed by atoms with Crippen molar-refractivity contribution in [2.45, 2.75) is 0 Å². The molecule has 0 saturated carbocycles. The van der Waals surface area contributed by atoms with Gasteiger partial charge in [-0.2, -0.15) is 0 Å². The van der Waals surface area contributed by atoms with E-state index in [1.807, 2.05) is 0 Å². The van der Waals surface area contributed by atoms with Gasteiger partial charge in [0.2, 0.25) is 0 Å². The summed E-state index contributed by atoms with van der Waals surface area (Å²) in [5.74, 6) is -19.6. The van der Waals surface area contributed by atoms with Crippen LogP contribution < -0.4 is 0 Å². The molecule has 42 heteroatoms. The van der Waals surface area contributed by atoms with Crippen molar-refractivity contribution in [1.82, 2.24) is 39.2 Å². The van der Waals surface area contributed by atoms with E-state index in [1.165, 1.54) is 0 Å². The van der Waals surface area contributed by atoms with Crippen LogP contribution in [0.5, 0.6) is 0 Å². The Labute approximate surface area is 506 Å². The number of hydrogen-bond acceptors (Lipinski definition) is 24. The zero-order valence-corrected chi connectivity index (χ0v) is 42.2. The molecule has 16 N–H and O–H groups in total. The standard InChI is InChI=1S/4C10H16N2O8.2Na.2H/c4*13-7(14)3-11(4-8(15)16)1-2-12(5-9(17)18)6-10(19)20;;;;/h4*1-6H2,(H,13,14)(H,15,16)(H,17,18)(H,19,20);;;;. The van der Waals surface area contributed by atoms with Crippen LogP contribution in [-0.2, 0) is 76.7 Å². The summed E-state index contributed by atoms with van der Waals surface area (Å²) < 4.78 is 0. The molecule has 0 aromatic heterocycles. The Balaban J connectivity index is -0.000000233. The Morgan fingerprint density at radius 3 is 0.232 bits per heavy atom. The van der Waals surface area contributed by atoms with Gasteiger partial charge >= 0.3 is 155 Å². The van der Waals surface area contributed by atoms with Crippen LogP contribution in [0, 0.1) is 0 Å². The van der Waals surface area contributed by atoms with Crippen molar-refractivity contribution >= 4 is 155 Å². The molecular formula is C40H66N8Na2O32. The molecule has 0 amide bonds. The van der Waals surface area contributed by atoms with Crippen molar-refractivity contribution in [1.29, 1.82) is 0 Å². The molecule has 82 heavy (non-hydrogen) atoms. The number of carboxylic acid groups (broad SMARTS) is 16. The van der Waals surface area contributed by atoms with Gasteiger partial charge in [0, 0.05) is 52.4 Å². The molecule has 0 aliphatic carbocycles. The van der Waals surface area contributed by atoms with Crippen LogP contribution >= 0.6 is 0 Å². The van der Waals surface area contributed by atoms with Crippen molar-refractivity contribution in [3.05, 3.63) is 0 Å². The number of carbonyl (C=O) groups is 16. The van der Waals surface area contributed by atoms with Crippen LogP contribution in [-0.4, -0.2) is 433 Å². The summed E-state index contributed by atoms with van der Waals surface area (Å²) in [5, 5.41) is 138.